The Morgan fingerprint density at radius 3 is 2.31 bits per heavy atom. The smallest absolute Gasteiger partial charge is 0.409 e. The zero-order valence-corrected chi connectivity index (χ0v) is 18.3. The summed E-state index contributed by atoms with van der Waals surface area (Å²) in [5, 5.41) is 1.53. The molecule has 29 heavy (non-hydrogen) atoms. The van der Waals surface area contributed by atoms with Gasteiger partial charge in [0, 0.05) is 50.1 Å². The van der Waals surface area contributed by atoms with Gasteiger partial charge in [-0.05, 0) is 6.92 Å². The molecule has 0 bridgehead atoms. The SMILES string of the molecule is C=C/C=c1/c(OC(=O)N(C)C)c(CC(=O)N(C)C)c2nc(C(C)C)[nH]c2/c1=C/C. The van der Waals surface area contributed by atoms with Gasteiger partial charge in [-0.25, -0.2) is 9.78 Å². The van der Waals surface area contributed by atoms with Gasteiger partial charge in [0.15, 0.2) is 0 Å². The van der Waals surface area contributed by atoms with E-state index in [-0.39, 0.29) is 18.2 Å². The third-order valence-corrected chi connectivity index (χ3v) is 4.59. The molecule has 0 aliphatic heterocycles. The third-order valence-electron chi connectivity index (χ3n) is 4.59. The Kier molecular flexibility index (Phi) is 6.84. The molecule has 2 aromatic rings. The average molecular weight is 399 g/mol. The van der Waals surface area contributed by atoms with Crippen molar-refractivity contribution in [2.75, 3.05) is 28.2 Å². The number of carbonyl (C=O) groups excluding carboxylic acids is 2. The van der Waals surface area contributed by atoms with E-state index < -0.39 is 6.09 Å². The van der Waals surface area contributed by atoms with Crippen LogP contribution in [0.2, 0.25) is 0 Å². The van der Waals surface area contributed by atoms with Gasteiger partial charge in [0.05, 0.1) is 17.5 Å². The number of hydrogen-bond donors (Lipinski definition) is 1. The summed E-state index contributed by atoms with van der Waals surface area (Å²) in [6, 6.07) is 0. The van der Waals surface area contributed by atoms with Gasteiger partial charge in [-0.15, -0.1) is 0 Å². The highest BCUT2D eigenvalue weighted by atomic mass is 16.6. The van der Waals surface area contributed by atoms with Gasteiger partial charge in [-0.2, -0.15) is 0 Å². The lowest BCUT2D eigenvalue weighted by molar-refractivity contribution is -0.127. The number of hydrogen-bond acceptors (Lipinski definition) is 4. The van der Waals surface area contributed by atoms with E-state index in [4.69, 9.17) is 9.72 Å². The van der Waals surface area contributed by atoms with Gasteiger partial charge in [0.1, 0.15) is 11.6 Å². The van der Waals surface area contributed by atoms with E-state index in [1.165, 1.54) is 9.80 Å². The molecular weight excluding hydrogens is 368 g/mol. The number of fused-ring (bicyclic) bond motifs is 1. The first-order valence-electron chi connectivity index (χ1n) is 9.55. The molecule has 0 saturated carbocycles. The molecule has 0 unspecified atom stereocenters. The number of benzene rings is 1. The molecule has 2 rings (SSSR count). The van der Waals surface area contributed by atoms with Crippen molar-refractivity contribution in [3.8, 4) is 5.75 Å². The number of rotatable bonds is 5. The maximum absolute atomic E-state index is 12.6. The van der Waals surface area contributed by atoms with Crippen LogP contribution in [-0.2, 0) is 11.2 Å². The molecule has 0 aliphatic rings. The summed E-state index contributed by atoms with van der Waals surface area (Å²) in [6.45, 7) is 9.79. The van der Waals surface area contributed by atoms with Crippen LogP contribution in [0.15, 0.2) is 12.7 Å². The van der Waals surface area contributed by atoms with E-state index >= 15 is 0 Å². The Hall–Kier alpha value is -3.09. The molecular formula is C22H30N4O3. The normalized spacial score (nSPS) is 12.6. The number of nitrogens with zero attached hydrogens (tertiary/aromatic N) is 3. The number of allylic oxidation sites excluding steroid dienone is 1. The minimum atomic E-state index is -0.525. The highest BCUT2D eigenvalue weighted by Crippen LogP contribution is 2.25. The molecule has 0 aliphatic carbocycles. The van der Waals surface area contributed by atoms with Crippen LogP contribution in [0, 0.1) is 0 Å². The van der Waals surface area contributed by atoms with E-state index in [1.54, 1.807) is 40.3 Å². The van der Waals surface area contributed by atoms with E-state index in [0.717, 1.165) is 16.6 Å². The van der Waals surface area contributed by atoms with Crippen molar-refractivity contribution in [2.45, 2.75) is 33.1 Å². The van der Waals surface area contributed by atoms with Crippen LogP contribution in [-0.4, -0.2) is 60.0 Å². The fraction of sp³-hybridized carbons (Fsp3) is 0.409. The number of aromatic amines is 1. The first-order valence-corrected chi connectivity index (χ1v) is 9.55. The van der Waals surface area contributed by atoms with Crippen LogP contribution in [0.4, 0.5) is 4.79 Å². The number of carbonyl (C=O) groups is 2. The topological polar surface area (TPSA) is 78.5 Å². The van der Waals surface area contributed by atoms with Crippen LogP contribution in [0.3, 0.4) is 0 Å². The maximum atomic E-state index is 12.6. The zero-order valence-electron chi connectivity index (χ0n) is 18.3. The lowest BCUT2D eigenvalue weighted by Gasteiger charge is -2.17. The number of amides is 2. The lowest BCUT2D eigenvalue weighted by atomic mass is 10.0. The molecule has 0 spiro atoms. The molecule has 0 radical (unpaired) electrons. The Bertz CT molecular complexity index is 1060. The van der Waals surface area contributed by atoms with Crippen molar-refractivity contribution < 1.29 is 14.3 Å². The molecule has 0 fully saturated rings. The van der Waals surface area contributed by atoms with Crippen molar-refractivity contribution in [1.82, 2.24) is 19.8 Å². The Morgan fingerprint density at radius 1 is 1.17 bits per heavy atom. The standard InChI is InChI=1S/C22H30N4O3/c1-9-11-15-14(10-2)18-19(24-21(23-18)13(3)4)16(12-17(27)25(5)6)20(15)29-22(28)26(7)8/h9-11,13H,1,12H2,2-8H3,(H,23,24)/b14-10+,15-11+. The molecule has 0 saturated heterocycles. The Balaban J connectivity index is 3.01. The molecule has 7 nitrogen and oxygen atoms in total. The van der Waals surface area contributed by atoms with Crippen LogP contribution < -0.4 is 15.2 Å². The van der Waals surface area contributed by atoms with E-state index in [2.05, 4.69) is 11.6 Å². The highest BCUT2D eigenvalue weighted by molar-refractivity contribution is 5.90. The summed E-state index contributed by atoms with van der Waals surface area (Å²) < 4.78 is 5.75. The quantitative estimate of drug-likeness (QED) is 0.837. The molecule has 2 amide bonds. The summed E-state index contributed by atoms with van der Waals surface area (Å²) in [5.74, 6) is 1.20. The van der Waals surface area contributed by atoms with Gasteiger partial charge < -0.3 is 19.5 Å². The van der Waals surface area contributed by atoms with Gasteiger partial charge >= 0.3 is 6.09 Å². The molecule has 0 atom stereocenters. The number of likely N-dealkylation sites (N-methyl/N-ethyl adjacent to an activating group) is 1. The van der Waals surface area contributed by atoms with Crippen molar-refractivity contribution in [3.63, 3.8) is 0 Å². The summed E-state index contributed by atoms with van der Waals surface area (Å²) in [6.07, 6.45) is 4.89. The van der Waals surface area contributed by atoms with Gasteiger partial charge in [0.25, 0.3) is 0 Å². The van der Waals surface area contributed by atoms with Crippen molar-refractivity contribution in [3.05, 3.63) is 34.5 Å². The van der Waals surface area contributed by atoms with Gasteiger partial charge in [0.2, 0.25) is 5.91 Å². The second-order valence-electron chi connectivity index (χ2n) is 7.55. The lowest BCUT2D eigenvalue weighted by Crippen LogP contribution is -2.34. The van der Waals surface area contributed by atoms with Crippen LogP contribution in [0.5, 0.6) is 5.75 Å². The van der Waals surface area contributed by atoms with E-state index in [0.29, 0.717) is 22.0 Å². The molecule has 1 heterocycles. The maximum Gasteiger partial charge on any atom is 0.414 e. The fourth-order valence-electron chi connectivity index (χ4n) is 2.96. The highest BCUT2D eigenvalue weighted by Gasteiger charge is 2.23. The Labute approximate surface area is 171 Å². The molecule has 1 aromatic heterocycles. The minimum Gasteiger partial charge on any atom is -0.409 e. The summed E-state index contributed by atoms with van der Waals surface area (Å²) in [7, 11) is 6.61. The summed E-state index contributed by atoms with van der Waals surface area (Å²) in [4.78, 5) is 36.0. The predicted octanol–water partition coefficient (Wildman–Crippen LogP) is 2.14. The van der Waals surface area contributed by atoms with Gasteiger partial charge in [-0.1, -0.05) is 38.7 Å². The molecule has 7 heteroatoms. The second-order valence-corrected chi connectivity index (χ2v) is 7.55. The van der Waals surface area contributed by atoms with Crippen LogP contribution in [0.1, 0.15) is 38.1 Å². The first-order chi connectivity index (χ1) is 13.6. The van der Waals surface area contributed by atoms with Crippen molar-refractivity contribution in [1.29, 1.82) is 0 Å². The first kappa shape index (κ1) is 22.2. The number of nitrogens with one attached hydrogen (secondary N) is 1. The summed E-state index contributed by atoms with van der Waals surface area (Å²) in [5.41, 5.74) is 2.03. The molecule has 1 N–H and O–H groups in total. The molecule has 1 aromatic carbocycles. The number of aromatic nitrogens is 2. The summed E-state index contributed by atoms with van der Waals surface area (Å²) >= 11 is 0. The van der Waals surface area contributed by atoms with Crippen molar-refractivity contribution >= 4 is 35.2 Å². The molecule has 156 valence electrons. The number of imidazole rings is 1. The Morgan fingerprint density at radius 2 is 1.83 bits per heavy atom. The van der Waals surface area contributed by atoms with Crippen LogP contribution >= 0.6 is 0 Å². The third kappa shape index (κ3) is 4.50. The minimum absolute atomic E-state index is 0.0594. The monoisotopic (exact) mass is 398 g/mol. The van der Waals surface area contributed by atoms with Gasteiger partial charge in [-0.3, -0.25) is 4.79 Å². The fourth-order valence-corrected chi connectivity index (χ4v) is 2.96. The average Bonchev–Trinajstić information content (AvgIpc) is 3.09. The number of H-pyrrole nitrogens is 1. The van der Waals surface area contributed by atoms with E-state index in [9.17, 15) is 9.59 Å². The van der Waals surface area contributed by atoms with Crippen molar-refractivity contribution in [2.24, 2.45) is 0 Å². The zero-order chi connectivity index (χ0) is 21.9. The number of ether oxygens (including phenoxy) is 1. The van der Waals surface area contributed by atoms with Crippen LogP contribution in [0.25, 0.3) is 23.2 Å². The van der Waals surface area contributed by atoms with E-state index in [1.807, 2.05) is 26.8 Å². The second kappa shape index (κ2) is 8.94. The largest absolute Gasteiger partial charge is 0.414 e. The predicted molar refractivity (Wildman–Crippen MR) is 116 cm³/mol.